The molecule has 8 saturated carbocycles. The van der Waals surface area contributed by atoms with E-state index in [4.69, 9.17) is 0 Å². The van der Waals surface area contributed by atoms with Gasteiger partial charge in [0, 0.05) is 13.2 Å². The molecule has 0 bridgehead atoms. The quantitative estimate of drug-likeness (QED) is 0.194. The molecule has 2 N–H and O–H groups in total. The average molecular weight is 819 g/mol. The van der Waals surface area contributed by atoms with E-state index in [9.17, 15) is 10.2 Å². The maximum Gasteiger partial charge on any atom is 0.0459 e. The van der Waals surface area contributed by atoms with Crippen molar-refractivity contribution in [1.29, 1.82) is 0 Å². The van der Waals surface area contributed by atoms with Crippen molar-refractivity contribution >= 4 is 0 Å². The summed E-state index contributed by atoms with van der Waals surface area (Å²) in [5, 5.41) is 19.0. The number of hydrogen-bond acceptors (Lipinski definition) is 2. The number of aliphatic hydroxyl groups excluding tert-OH is 2. The molecule has 0 aromatic carbocycles. The van der Waals surface area contributed by atoms with E-state index in [1.807, 2.05) is 0 Å². The Balaban J connectivity index is 0.000000179. The Kier molecular flexibility index (Phi) is 15.2. The van der Waals surface area contributed by atoms with Gasteiger partial charge in [0.15, 0.2) is 0 Å². The highest BCUT2D eigenvalue weighted by Gasteiger charge is 2.61. The van der Waals surface area contributed by atoms with Crippen LogP contribution in [0.4, 0.5) is 0 Å². The molecule has 0 spiro atoms. The van der Waals surface area contributed by atoms with Crippen molar-refractivity contribution < 1.29 is 10.2 Å². The van der Waals surface area contributed by atoms with Gasteiger partial charge in [-0.2, -0.15) is 0 Å². The highest BCUT2D eigenvalue weighted by molar-refractivity contribution is 5.11. The first-order valence-corrected chi connectivity index (χ1v) is 27.3. The minimum absolute atomic E-state index is 0.349. The van der Waals surface area contributed by atoms with Crippen molar-refractivity contribution in [1.82, 2.24) is 0 Å². The first-order valence-electron chi connectivity index (χ1n) is 27.3. The molecule has 59 heavy (non-hydrogen) atoms. The second-order valence-corrected chi connectivity index (χ2v) is 26.0. The first kappa shape index (κ1) is 46.9. The number of fused-ring (bicyclic) bond motifs is 10. The monoisotopic (exact) mass is 819 g/mol. The highest BCUT2D eigenvalue weighted by Crippen LogP contribution is 2.70. The molecule has 0 amide bonds. The molecule has 3 unspecified atom stereocenters. The maximum absolute atomic E-state index is 9.49. The number of hydrogen-bond donors (Lipinski definition) is 2. The van der Waals surface area contributed by atoms with Crippen LogP contribution in [0.25, 0.3) is 0 Å². The lowest BCUT2D eigenvalue weighted by molar-refractivity contribution is -0.114. The first-order chi connectivity index (χ1) is 28.1. The van der Waals surface area contributed by atoms with Gasteiger partial charge in [0.25, 0.3) is 0 Å². The van der Waals surface area contributed by atoms with Crippen LogP contribution < -0.4 is 0 Å². The number of rotatable bonds is 13. The molecule has 0 radical (unpaired) electrons. The Morgan fingerprint density at radius 3 is 1.32 bits per heavy atom. The van der Waals surface area contributed by atoms with Crippen molar-refractivity contribution in [2.75, 3.05) is 13.2 Å². The van der Waals surface area contributed by atoms with Gasteiger partial charge in [0.05, 0.1) is 0 Å². The minimum atomic E-state index is 0.349. The van der Waals surface area contributed by atoms with E-state index in [2.05, 4.69) is 69.2 Å². The predicted molar refractivity (Wildman–Crippen MR) is 252 cm³/mol. The Bertz CT molecular complexity index is 1320. The van der Waals surface area contributed by atoms with Crippen LogP contribution >= 0.6 is 0 Å². The fourth-order valence-electron chi connectivity index (χ4n) is 19.4. The standard InChI is InChI=1S/C29H52O.C28H50O/c1-20(2)22(16-19-30)10-9-21(3)25-13-14-26-24-12-11-23-8-6-7-17-28(23,4)27(24)15-18-29(25,26)5;1-19(21(3)18-29)9-10-20(2)24-13-14-25-23-12-11-22-8-6-7-16-27(22,4)26(23)15-17-28(24,25)5/h20-27,30H,6-19H2,1-5H3;19-26,29H,6-18H2,1-5H3/t21-,22+,23?,24+,25-,26+,27+,28+,29-;19-,20-,21?,22?,23+,24-,25+,26+,27+,28-/m11/s1. The zero-order valence-electron chi connectivity index (χ0n) is 41.2. The summed E-state index contributed by atoms with van der Waals surface area (Å²) in [5.74, 6) is 14.4. The predicted octanol–water partition coefficient (Wildman–Crippen LogP) is 15.8. The van der Waals surface area contributed by atoms with Gasteiger partial charge < -0.3 is 10.2 Å². The molecule has 2 heteroatoms. The van der Waals surface area contributed by atoms with Gasteiger partial charge in [0.1, 0.15) is 0 Å². The molecule has 8 rings (SSSR count). The van der Waals surface area contributed by atoms with Crippen molar-refractivity contribution in [3.8, 4) is 0 Å². The third-order valence-corrected chi connectivity index (χ3v) is 23.5. The summed E-state index contributed by atoms with van der Waals surface area (Å²) >= 11 is 0. The fourth-order valence-corrected chi connectivity index (χ4v) is 19.4. The smallest absolute Gasteiger partial charge is 0.0459 e. The van der Waals surface area contributed by atoms with Gasteiger partial charge in [-0.15, -0.1) is 0 Å². The normalized spacial score (nSPS) is 46.5. The molecule has 8 fully saturated rings. The lowest BCUT2D eigenvalue weighted by Gasteiger charge is -2.61. The molecular weight excluding hydrogens is 717 g/mol. The Morgan fingerprint density at radius 1 is 0.424 bits per heavy atom. The summed E-state index contributed by atoms with van der Waals surface area (Å²) in [6.07, 6.45) is 36.8. The fraction of sp³-hybridized carbons (Fsp3) is 1.00. The molecular formula is C57H102O2. The highest BCUT2D eigenvalue weighted by atomic mass is 16.3. The van der Waals surface area contributed by atoms with Crippen LogP contribution in [0.1, 0.15) is 230 Å². The maximum atomic E-state index is 9.49. The van der Waals surface area contributed by atoms with Gasteiger partial charge in [-0.25, -0.2) is 0 Å². The van der Waals surface area contributed by atoms with Crippen LogP contribution in [0.3, 0.4) is 0 Å². The van der Waals surface area contributed by atoms with E-state index in [1.54, 1.807) is 25.7 Å². The van der Waals surface area contributed by atoms with Crippen molar-refractivity contribution in [3.05, 3.63) is 0 Å². The molecule has 0 saturated heterocycles. The van der Waals surface area contributed by atoms with Gasteiger partial charge in [-0.1, -0.05) is 114 Å². The largest absolute Gasteiger partial charge is 0.396 e. The molecule has 0 aromatic rings. The molecule has 0 aromatic heterocycles. The van der Waals surface area contributed by atoms with E-state index < -0.39 is 0 Å². The molecule has 8 aliphatic carbocycles. The summed E-state index contributed by atoms with van der Waals surface area (Å²) in [6, 6.07) is 0. The second-order valence-electron chi connectivity index (χ2n) is 26.0. The Morgan fingerprint density at radius 2 is 0.881 bits per heavy atom. The molecule has 0 heterocycles. The van der Waals surface area contributed by atoms with Crippen molar-refractivity contribution in [2.45, 2.75) is 230 Å². The Labute approximate surface area is 368 Å². The van der Waals surface area contributed by atoms with Crippen LogP contribution in [0, 0.1) is 116 Å². The summed E-state index contributed by atoms with van der Waals surface area (Å²) in [7, 11) is 0. The molecule has 342 valence electrons. The molecule has 0 aliphatic heterocycles. The molecule has 8 aliphatic rings. The minimum Gasteiger partial charge on any atom is -0.396 e. The van der Waals surface area contributed by atoms with Crippen LogP contribution in [-0.2, 0) is 0 Å². The van der Waals surface area contributed by atoms with E-state index in [1.165, 1.54) is 128 Å². The van der Waals surface area contributed by atoms with E-state index in [-0.39, 0.29) is 0 Å². The van der Waals surface area contributed by atoms with E-state index in [0.29, 0.717) is 58.5 Å². The lowest BCUT2D eigenvalue weighted by atomic mass is 9.44. The third-order valence-electron chi connectivity index (χ3n) is 23.5. The summed E-state index contributed by atoms with van der Waals surface area (Å²) < 4.78 is 0. The van der Waals surface area contributed by atoms with Gasteiger partial charge in [-0.05, 0) is 232 Å². The van der Waals surface area contributed by atoms with Crippen LogP contribution in [0.15, 0.2) is 0 Å². The second kappa shape index (κ2) is 19.2. The molecule has 2 nitrogen and oxygen atoms in total. The van der Waals surface area contributed by atoms with Gasteiger partial charge in [0.2, 0.25) is 0 Å². The SMILES string of the molecule is CC(C)[C@H](CCO)CC[C@@H](C)[C@H]1CC[C@H]2[C@@H]3CCC4CCCC[C@]4(C)[C@H]3CC[C@]12C.CC(CO)[C@H](C)CC[C@@H](C)[C@H]1CC[C@H]2[C@@H]3CCC4CCCC[C@]4(C)[C@H]3CC[C@]12C. The third kappa shape index (κ3) is 8.87. The summed E-state index contributed by atoms with van der Waals surface area (Å²) in [4.78, 5) is 0. The van der Waals surface area contributed by atoms with Crippen molar-refractivity contribution in [3.63, 3.8) is 0 Å². The topological polar surface area (TPSA) is 40.5 Å². The molecule has 19 atom stereocenters. The van der Waals surface area contributed by atoms with E-state index in [0.717, 1.165) is 77.4 Å². The van der Waals surface area contributed by atoms with Gasteiger partial charge in [-0.3, -0.25) is 0 Å². The van der Waals surface area contributed by atoms with Crippen LogP contribution in [0.5, 0.6) is 0 Å². The zero-order chi connectivity index (χ0) is 42.3. The lowest BCUT2D eigenvalue weighted by Crippen LogP contribution is -2.53. The Hall–Kier alpha value is -0.0800. The average Bonchev–Trinajstić information content (AvgIpc) is 3.77. The zero-order valence-corrected chi connectivity index (χ0v) is 41.2. The van der Waals surface area contributed by atoms with Crippen LogP contribution in [-0.4, -0.2) is 23.4 Å². The van der Waals surface area contributed by atoms with Crippen LogP contribution in [0.2, 0.25) is 0 Å². The summed E-state index contributed by atoms with van der Waals surface area (Å²) in [6.45, 7) is 26.0. The number of aliphatic hydroxyl groups is 2. The van der Waals surface area contributed by atoms with Crippen molar-refractivity contribution in [2.24, 2.45) is 116 Å². The van der Waals surface area contributed by atoms with Gasteiger partial charge >= 0.3 is 0 Å². The summed E-state index contributed by atoms with van der Waals surface area (Å²) in [5.41, 5.74) is 2.59. The van der Waals surface area contributed by atoms with E-state index >= 15 is 0 Å².